The number of carbonyl (C=O) groups is 2. The van der Waals surface area contributed by atoms with Gasteiger partial charge in [-0.3, -0.25) is 4.98 Å². The van der Waals surface area contributed by atoms with Crippen molar-refractivity contribution in [3.8, 4) is 11.1 Å². The van der Waals surface area contributed by atoms with Gasteiger partial charge in [0.1, 0.15) is 0 Å². The molecule has 120 valence electrons. The fourth-order valence-corrected chi connectivity index (χ4v) is 2.19. The van der Waals surface area contributed by atoms with Gasteiger partial charge in [-0.25, -0.2) is 9.59 Å². The highest BCUT2D eigenvalue weighted by Gasteiger charge is 2.13. The van der Waals surface area contributed by atoms with Crippen molar-refractivity contribution >= 4 is 11.9 Å². The smallest absolute Gasteiger partial charge is 0.339 e. The number of rotatable bonds is 5. The van der Waals surface area contributed by atoms with E-state index in [1.807, 2.05) is 13.0 Å². The number of aromatic nitrogens is 1. The molecule has 5 heteroatoms. The molecular formula is C18H19NO4. The highest BCUT2D eigenvalue weighted by atomic mass is 16.5. The van der Waals surface area contributed by atoms with Crippen LogP contribution in [0.1, 0.15) is 40.1 Å². The normalized spacial score (nSPS) is 10.2. The molecule has 0 spiro atoms. The lowest BCUT2D eigenvalue weighted by Gasteiger charge is -2.10. The van der Waals surface area contributed by atoms with E-state index in [0.717, 1.165) is 16.7 Å². The maximum Gasteiger partial charge on any atom is 0.339 e. The number of hydrogen-bond donors (Lipinski definition) is 0. The first-order valence-corrected chi connectivity index (χ1v) is 7.47. The summed E-state index contributed by atoms with van der Waals surface area (Å²) in [6.07, 6.45) is 3.12. The van der Waals surface area contributed by atoms with Crippen LogP contribution in [0.2, 0.25) is 0 Å². The van der Waals surface area contributed by atoms with E-state index in [2.05, 4.69) is 4.98 Å². The van der Waals surface area contributed by atoms with Crippen LogP contribution in [0.5, 0.6) is 0 Å². The Balaban J connectivity index is 2.41. The Bertz CT molecular complexity index is 725. The number of hydrogen-bond acceptors (Lipinski definition) is 5. The van der Waals surface area contributed by atoms with Crippen molar-refractivity contribution in [1.82, 2.24) is 4.98 Å². The minimum Gasteiger partial charge on any atom is -0.462 e. The van der Waals surface area contributed by atoms with Crippen LogP contribution in [-0.2, 0) is 9.47 Å². The van der Waals surface area contributed by atoms with E-state index in [1.165, 1.54) is 6.20 Å². The Hall–Kier alpha value is -2.69. The first kappa shape index (κ1) is 16.7. The summed E-state index contributed by atoms with van der Waals surface area (Å²) in [5, 5.41) is 0. The molecule has 0 aliphatic heterocycles. The van der Waals surface area contributed by atoms with Gasteiger partial charge in [-0.2, -0.15) is 0 Å². The molecule has 0 unspecified atom stereocenters. The highest BCUT2D eigenvalue weighted by Crippen LogP contribution is 2.25. The molecule has 1 heterocycles. The monoisotopic (exact) mass is 313 g/mol. The molecule has 5 nitrogen and oxygen atoms in total. The van der Waals surface area contributed by atoms with E-state index in [-0.39, 0.29) is 5.97 Å². The Morgan fingerprint density at radius 3 is 2.26 bits per heavy atom. The summed E-state index contributed by atoms with van der Waals surface area (Å²) < 4.78 is 10.0. The van der Waals surface area contributed by atoms with Crippen molar-refractivity contribution in [2.45, 2.75) is 20.8 Å². The molecular weight excluding hydrogens is 294 g/mol. The summed E-state index contributed by atoms with van der Waals surface area (Å²) in [5.74, 6) is -0.788. The van der Waals surface area contributed by atoms with Gasteiger partial charge in [0.15, 0.2) is 0 Å². The van der Waals surface area contributed by atoms with Crippen molar-refractivity contribution in [2.24, 2.45) is 0 Å². The number of nitrogens with zero attached hydrogens (tertiary/aromatic N) is 1. The van der Waals surface area contributed by atoms with Crippen molar-refractivity contribution in [3.05, 3.63) is 53.3 Å². The highest BCUT2D eigenvalue weighted by molar-refractivity contribution is 5.93. The molecule has 1 aromatic carbocycles. The number of benzene rings is 1. The summed E-state index contributed by atoms with van der Waals surface area (Å²) in [5.41, 5.74) is 3.40. The average molecular weight is 313 g/mol. The fourth-order valence-electron chi connectivity index (χ4n) is 2.19. The summed E-state index contributed by atoms with van der Waals surface area (Å²) in [4.78, 5) is 27.8. The number of pyridine rings is 1. The Labute approximate surface area is 135 Å². The van der Waals surface area contributed by atoms with Gasteiger partial charge in [0.25, 0.3) is 0 Å². The average Bonchev–Trinajstić information content (AvgIpc) is 2.56. The van der Waals surface area contributed by atoms with E-state index < -0.39 is 5.97 Å². The van der Waals surface area contributed by atoms with Gasteiger partial charge in [0, 0.05) is 18.0 Å². The number of aryl methyl sites for hydroxylation is 1. The summed E-state index contributed by atoms with van der Waals surface area (Å²) in [6, 6.07) is 7.03. The van der Waals surface area contributed by atoms with Crippen LogP contribution in [0.15, 0.2) is 36.7 Å². The van der Waals surface area contributed by atoms with Gasteiger partial charge in [-0.15, -0.1) is 0 Å². The topological polar surface area (TPSA) is 65.5 Å². The molecule has 1 aromatic heterocycles. The first-order chi connectivity index (χ1) is 11.1. The predicted molar refractivity (Wildman–Crippen MR) is 86.3 cm³/mol. The van der Waals surface area contributed by atoms with Crippen LogP contribution in [-0.4, -0.2) is 30.1 Å². The van der Waals surface area contributed by atoms with Gasteiger partial charge < -0.3 is 9.47 Å². The van der Waals surface area contributed by atoms with Crippen LogP contribution in [0.25, 0.3) is 11.1 Å². The zero-order chi connectivity index (χ0) is 16.8. The SMILES string of the molecule is CCOC(=O)c1cncc(-c2cc(C(=O)OCC)ccc2C)c1. The fraction of sp³-hybridized carbons (Fsp3) is 0.278. The van der Waals surface area contributed by atoms with E-state index >= 15 is 0 Å². The lowest BCUT2D eigenvalue weighted by atomic mass is 9.98. The molecule has 0 amide bonds. The van der Waals surface area contributed by atoms with Crippen molar-refractivity contribution in [2.75, 3.05) is 13.2 Å². The number of ether oxygens (including phenoxy) is 2. The molecule has 0 radical (unpaired) electrons. The predicted octanol–water partition coefficient (Wildman–Crippen LogP) is 3.41. The molecule has 0 atom stereocenters. The Kier molecular flexibility index (Phi) is 5.46. The molecule has 0 fully saturated rings. The van der Waals surface area contributed by atoms with Gasteiger partial charge >= 0.3 is 11.9 Å². The van der Waals surface area contributed by atoms with Crippen LogP contribution in [0.4, 0.5) is 0 Å². The summed E-state index contributed by atoms with van der Waals surface area (Å²) in [6.45, 7) is 6.07. The van der Waals surface area contributed by atoms with Crippen molar-refractivity contribution in [1.29, 1.82) is 0 Å². The third-order valence-electron chi connectivity index (χ3n) is 3.31. The molecule has 0 N–H and O–H groups in total. The van der Waals surface area contributed by atoms with Crippen LogP contribution in [0, 0.1) is 6.92 Å². The van der Waals surface area contributed by atoms with Crippen LogP contribution in [0.3, 0.4) is 0 Å². The maximum absolute atomic E-state index is 11.9. The molecule has 2 aromatic rings. The molecule has 0 aliphatic rings. The van der Waals surface area contributed by atoms with E-state index in [9.17, 15) is 9.59 Å². The summed E-state index contributed by atoms with van der Waals surface area (Å²) in [7, 11) is 0. The third kappa shape index (κ3) is 3.94. The molecule has 2 rings (SSSR count). The van der Waals surface area contributed by atoms with Crippen molar-refractivity contribution < 1.29 is 19.1 Å². The third-order valence-corrected chi connectivity index (χ3v) is 3.31. The van der Waals surface area contributed by atoms with Crippen LogP contribution >= 0.6 is 0 Å². The number of esters is 2. The Morgan fingerprint density at radius 1 is 0.957 bits per heavy atom. The standard InChI is InChI=1S/C18H19NO4/c1-4-22-17(20)13-7-6-12(3)16(9-13)14-8-15(11-19-10-14)18(21)23-5-2/h6-11H,4-5H2,1-3H3. The zero-order valence-electron chi connectivity index (χ0n) is 13.5. The zero-order valence-corrected chi connectivity index (χ0v) is 13.5. The second kappa shape index (κ2) is 7.54. The lowest BCUT2D eigenvalue weighted by molar-refractivity contribution is 0.0516. The van der Waals surface area contributed by atoms with Gasteiger partial charge in [0.05, 0.1) is 24.3 Å². The molecule has 0 aliphatic carbocycles. The number of carbonyl (C=O) groups excluding carboxylic acids is 2. The van der Waals surface area contributed by atoms with Gasteiger partial charge in [-0.05, 0) is 50.1 Å². The largest absolute Gasteiger partial charge is 0.462 e. The quantitative estimate of drug-likeness (QED) is 0.791. The molecule has 0 saturated heterocycles. The molecule has 0 saturated carbocycles. The second-order valence-corrected chi connectivity index (χ2v) is 4.93. The van der Waals surface area contributed by atoms with E-state index in [0.29, 0.717) is 24.3 Å². The maximum atomic E-state index is 11.9. The first-order valence-electron chi connectivity index (χ1n) is 7.47. The minimum atomic E-state index is -0.416. The van der Waals surface area contributed by atoms with Crippen LogP contribution < -0.4 is 0 Å². The van der Waals surface area contributed by atoms with E-state index in [1.54, 1.807) is 38.2 Å². The minimum absolute atomic E-state index is 0.306. The second-order valence-electron chi connectivity index (χ2n) is 4.93. The lowest BCUT2D eigenvalue weighted by Crippen LogP contribution is -2.06. The van der Waals surface area contributed by atoms with Gasteiger partial charge in [-0.1, -0.05) is 6.07 Å². The molecule has 0 bridgehead atoms. The summed E-state index contributed by atoms with van der Waals surface area (Å²) >= 11 is 0. The molecule has 23 heavy (non-hydrogen) atoms. The van der Waals surface area contributed by atoms with E-state index in [4.69, 9.17) is 9.47 Å². The van der Waals surface area contributed by atoms with Gasteiger partial charge in [0.2, 0.25) is 0 Å². The van der Waals surface area contributed by atoms with Crippen molar-refractivity contribution in [3.63, 3.8) is 0 Å². The Morgan fingerprint density at radius 2 is 1.61 bits per heavy atom.